The maximum Gasteiger partial charge on any atom is 0.288 e. The van der Waals surface area contributed by atoms with Crippen molar-refractivity contribution < 1.29 is 9.47 Å². The molecule has 8 nitrogen and oxygen atoms in total. The molecule has 3 saturated heterocycles. The molecule has 0 amide bonds. The van der Waals surface area contributed by atoms with Gasteiger partial charge in [-0.1, -0.05) is 6.08 Å². The summed E-state index contributed by atoms with van der Waals surface area (Å²) >= 11 is 0. The minimum Gasteiger partial charge on any atom is -0.497 e. The predicted molar refractivity (Wildman–Crippen MR) is 113 cm³/mol. The van der Waals surface area contributed by atoms with Gasteiger partial charge in [-0.05, 0) is 48.9 Å². The van der Waals surface area contributed by atoms with E-state index in [-0.39, 0.29) is 18.3 Å². The zero-order chi connectivity index (χ0) is 22.9. The van der Waals surface area contributed by atoms with Crippen molar-refractivity contribution in [2.24, 2.45) is 11.8 Å². The van der Waals surface area contributed by atoms with Crippen LogP contribution in [-0.2, 0) is 10.3 Å². The smallest absolute Gasteiger partial charge is 0.288 e. The van der Waals surface area contributed by atoms with E-state index in [1.807, 2.05) is 6.08 Å². The third-order valence-corrected chi connectivity index (χ3v) is 6.87. The van der Waals surface area contributed by atoms with Crippen molar-refractivity contribution in [3.05, 3.63) is 48.7 Å². The Hall–Kier alpha value is -4.11. The van der Waals surface area contributed by atoms with Crippen molar-refractivity contribution in [3.63, 3.8) is 0 Å². The van der Waals surface area contributed by atoms with Crippen LogP contribution in [0.25, 0.3) is 10.9 Å². The van der Waals surface area contributed by atoms with E-state index in [1.54, 1.807) is 35.4 Å². The number of hydrogen-bond acceptors (Lipinski definition) is 8. The molecule has 32 heavy (non-hydrogen) atoms. The Labute approximate surface area is 186 Å². The summed E-state index contributed by atoms with van der Waals surface area (Å²) in [6.07, 6.45) is 5.85. The molecule has 158 valence electrons. The molecule has 8 heteroatoms. The van der Waals surface area contributed by atoms with Crippen LogP contribution in [0.2, 0.25) is 0 Å². The molecule has 3 aliphatic heterocycles. The van der Waals surface area contributed by atoms with Gasteiger partial charge in [0.25, 0.3) is 11.9 Å². The molecule has 5 rings (SSSR count). The lowest BCUT2D eigenvalue weighted by Crippen LogP contribution is -2.72. The Morgan fingerprint density at radius 1 is 1.28 bits per heavy atom. The van der Waals surface area contributed by atoms with E-state index in [2.05, 4.69) is 29.8 Å². The van der Waals surface area contributed by atoms with Gasteiger partial charge in [-0.25, -0.2) is 0 Å². The van der Waals surface area contributed by atoms with Crippen molar-refractivity contribution in [1.29, 1.82) is 21.0 Å². The van der Waals surface area contributed by atoms with Crippen molar-refractivity contribution in [3.8, 4) is 30.2 Å². The summed E-state index contributed by atoms with van der Waals surface area (Å²) in [5, 5.41) is 41.1. The van der Waals surface area contributed by atoms with Crippen LogP contribution in [0.5, 0.6) is 5.75 Å². The second-order valence-corrected chi connectivity index (χ2v) is 8.10. The summed E-state index contributed by atoms with van der Waals surface area (Å²) in [6.45, 7) is 4.28. The summed E-state index contributed by atoms with van der Waals surface area (Å²) in [4.78, 5) is 6.09. The molecular weight excluding hydrogens is 404 g/mol. The van der Waals surface area contributed by atoms with Gasteiger partial charge in [-0.2, -0.15) is 21.0 Å². The standard InChI is InChI=1S/C24H20N6O2/c1-3-16-12-30-18(11-25)8-17(16)10-23(30,13-26)24(14-27,32-15-28)21-6-7-29-22-5-4-19(31-2)9-20(21)22/h3-7,9,16-18H,1,8,10,12H2,2H3/t16-,17-,18?,23+,24+/m0/s1. The van der Waals surface area contributed by atoms with E-state index in [4.69, 9.17) is 9.47 Å². The number of nitriles is 4. The third kappa shape index (κ3) is 2.71. The van der Waals surface area contributed by atoms with Gasteiger partial charge in [0.05, 0.1) is 30.8 Å². The lowest BCUT2D eigenvalue weighted by atomic mass is 9.60. The molecule has 1 aromatic carbocycles. The third-order valence-electron chi connectivity index (χ3n) is 6.87. The van der Waals surface area contributed by atoms with Gasteiger partial charge >= 0.3 is 0 Å². The van der Waals surface area contributed by atoms with E-state index in [0.717, 1.165) is 0 Å². The molecule has 2 aromatic rings. The van der Waals surface area contributed by atoms with Crippen molar-refractivity contribution in [2.45, 2.75) is 30.0 Å². The molecule has 3 fully saturated rings. The largest absolute Gasteiger partial charge is 0.497 e. The summed E-state index contributed by atoms with van der Waals surface area (Å²) in [6, 6.07) is 13.0. The van der Waals surface area contributed by atoms with E-state index >= 15 is 0 Å². The number of methoxy groups -OCH3 is 1. The summed E-state index contributed by atoms with van der Waals surface area (Å²) in [7, 11) is 1.52. The Morgan fingerprint density at radius 2 is 2.09 bits per heavy atom. The van der Waals surface area contributed by atoms with Crippen molar-refractivity contribution >= 4 is 10.9 Å². The van der Waals surface area contributed by atoms with Crippen LogP contribution in [0.3, 0.4) is 0 Å². The Morgan fingerprint density at radius 3 is 2.69 bits per heavy atom. The fourth-order valence-electron chi connectivity index (χ4n) is 5.33. The Kier molecular flexibility index (Phi) is 5.19. The highest BCUT2D eigenvalue weighted by Crippen LogP contribution is 2.54. The van der Waals surface area contributed by atoms with Gasteiger partial charge in [0, 0.05) is 23.7 Å². The zero-order valence-corrected chi connectivity index (χ0v) is 17.5. The first-order valence-corrected chi connectivity index (χ1v) is 10.2. The van der Waals surface area contributed by atoms with Crippen molar-refractivity contribution in [2.75, 3.05) is 13.7 Å². The van der Waals surface area contributed by atoms with Crippen LogP contribution in [0, 0.1) is 57.3 Å². The summed E-state index contributed by atoms with van der Waals surface area (Å²) in [5.74, 6) is 0.571. The van der Waals surface area contributed by atoms with Crippen LogP contribution in [-0.4, -0.2) is 35.1 Å². The number of aromatic nitrogens is 1. The van der Waals surface area contributed by atoms with Crippen molar-refractivity contribution in [1.82, 2.24) is 9.88 Å². The van der Waals surface area contributed by atoms with Gasteiger partial charge < -0.3 is 9.47 Å². The lowest BCUT2D eigenvalue weighted by Gasteiger charge is -2.58. The van der Waals surface area contributed by atoms with Crippen LogP contribution in [0.4, 0.5) is 0 Å². The molecule has 4 heterocycles. The van der Waals surface area contributed by atoms with Crippen LogP contribution >= 0.6 is 0 Å². The molecule has 3 aliphatic rings. The van der Waals surface area contributed by atoms with Crippen LogP contribution in [0.15, 0.2) is 43.1 Å². The van der Waals surface area contributed by atoms with E-state index in [1.165, 1.54) is 13.3 Å². The van der Waals surface area contributed by atoms with Gasteiger partial charge in [-0.3, -0.25) is 9.88 Å². The number of benzene rings is 1. The quantitative estimate of drug-likeness (QED) is 0.528. The second kappa shape index (κ2) is 7.86. The SMILES string of the molecule is C=C[C@H]1CN2C(C#N)C[C@H]1C[C@@]2(C#N)[C@](C#N)(OC#N)c1ccnc2ccc(OC)cc12. The van der Waals surface area contributed by atoms with Gasteiger partial charge in [0.2, 0.25) is 0 Å². The zero-order valence-electron chi connectivity index (χ0n) is 17.5. The maximum absolute atomic E-state index is 10.6. The maximum atomic E-state index is 10.6. The Balaban J connectivity index is 2.03. The number of ether oxygens (including phenoxy) is 2. The molecule has 0 spiro atoms. The molecule has 0 radical (unpaired) electrons. The van der Waals surface area contributed by atoms with E-state index in [0.29, 0.717) is 35.2 Å². The summed E-state index contributed by atoms with van der Waals surface area (Å²) < 4.78 is 10.9. The van der Waals surface area contributed by atoms with Gasteiger partial charge in [0.15, 0.2) is 5.54 Å². The van der Waals surface area contributed by atoms with Crippen LogP contribution < -0.4 is 4.74 Å². The fraction of sp³-hybridized carbons (Fsp3) is 0.375. The number of nitrogens with zero attached hydrogens (tertiary/aromatic N) is 6. The molecule has 1 aromatic heterocycles. The number of rotatable bonds is 5. The number of fused-ring (bicyclic) bond motifs is 4. The van der Waals surface area contributed by atoms with Crippen LogP contribution in [0.1, 0.15) is 18.4 Å². The highest BCUT2D eigenvalue weighted by Gasteiger charge is 2.67. The second-order valence-electron chi connectivity index (χ2n) is 8.10. The highest BCUT2D eigenvalue weighted by atomic mass is 16.5. The Bertz CT molecular complexity index is 1250. The molecule has 0 aliphatic carbocycles. The highest BCUT2D eigenvalue weighted by molar-refractivity contribution is 5.85. The molecule has 2 bridgehead atoms. The normalized spacial score (nSPS) is 30.0. The first kappa shape index (κ1) is 21.1. The molecule has 0 N–H and O–H groups in total. The number of pyridine rings is 1. The molecule has 2 unspecified atom stereocenters. The summed E-state index contributed by atoms with van der Waals surface area (Å²) in [5.41, 5.74) is -2.64. The first-order valence-electron chi connectivity index (χ1n) is 10.2. The number of piperidine rings is 3. The minimum absolute atomic E-state index is 0.0422. The van der Waals surface area contributed by atoms with E-state index < -0.39 is 17.2 Å². The van der Waals surface area contributed by atoms with E-state index in [9.17, 15) is 21.0 Å². The monoisotopic (exact) mass is 424 g/mol. The molecule has 6 atom stereocenters. The van der Waals surface area contributed by atoms with Gasteiger partial charge in [-0.15, -0.1) is 6.58 Å². The fourth-order valence-corrected chi connectivity index (χ4v) is 5.33. The average molecular weight is 424 g/mol. The minimum atomic E-state index is -1.98. The topological polar surface area (TPSA) is 130 Å². The number of hydrogen-bond donors (Lipinski definition) is 0. The molecule has 0 saturated carbocycles. The first-order chi connectivity index (χ1) is 15.5. The molecular formula is C24H20N6O2. The predicted octanol–water partition coefficient (Wildman–Crippen LogP) is 3.14. The lowest BCUT2D eigenvalue weighted by molar-refractivity contribution is -0.134. The van der Waals surface area contributed by atoms with Gasteiger partial charge in [0.1, 0.15) is 11.8 Å². The average Bonchev–Trinajstić information content (AvgIpc) is 2.86.